The highest BCUT2D eigenvalue weighted by Gasteiger charge is 2.01. The highest BCUT2D eigenvalue weighted by atomic mass is 79.9. The summed E-state index contributed by atoms with van der Waals surface area (Å²) in [7, 11) is 0. The fraction of sp³-hybridized carbons (Fsp3) is 0. The zero-order chi connectivity index (χ0) is 11.4. The van der Waals surface area contributed by atoms with Crippen molar-refractivity contribution in [1.82, 2.24) is 4.98 Å². The highest BCUT2D eigenvalue weighted by Crippen LogP contribution is 2.24. The fourth-order valence-electron chi connectivity index (χ4n) is 1.32. The first-order valence-corrected chi connectivity index (χ1v) is 5.97. The largest absolute Gasteiger partial charge is 0.244 e. The third-order valence-electron chi connectivity index (χ3n) is 2.13. The van der Waals surface area contributed by atoms with Crippen molar-refractivity contribution < 1.29 is 0 Å². The van der Waals surface area contributed by atoms with Crippen LogP contribution in [0.15, 0.2) is 47.1 Å². The van der Waals surface area contributed by atoms with Crippen LogP contribution >= 0.6 is 27.5 Å². The number of rotatable bonds is 2. The third kappa shape index (κ3) is 2.71. The quantitative estimate of drug-likeness (QED) is 0.734. The molecule has 2 aromatic rings. The van der Waals surface area contributed by atoms with Gasteiger partial charge < -0.3 is 0 Å². The molecule has 0 spiro atoms. The lowest BCUT2D eigenvalue weighted by atomic mass is 10.2. The number of nitrogens with zero attached hydrogens (tertiary/aromatic N) is 1. The standard InChI is InChI=1S/C13H9BrClN/c14-12-8-9-16-13(15)11(12)7-6-10-4-2-1-3-5-10/h1-9H/b7-6+. The maximum atomic E-state index is 6.00. The minimum absolute atomic E-state index is 0.501. The molecule has 3 heteroatoms. The van der Waals surface area contributed by atoms with Crippen molar-refractivity contribution in [3.63, 3.8) is 0 Å². The van der Waals surface area contributed by atoms with E-state index in [0.717, 1.165) is 15.6 Å². The van der Waals surface area contributed by atoms with Crippen LogP contribution in [-0.4, -0.2) is 4.98 Å². The molecular formula is C13H9BrClN. The zero-order valence-electron chi connectivity index (χ0n) is 8.40. The molecule has 1 heterocycles. The maximum Gasteiger partial charge on any atom is 0.137 e. The molecule has 0 amide bonds. The van der Waals surface area contributed by atoms with Gasteiger partial charge in [-0.05, 0) is 11.6 Å². The predicted molar refractivity (Wildman–Crippen MR) is 72.3 cm³/mol. The molecule has 0 bridgehead atoms. The monoisotopic (exact) mass is 293 g/mol. The van der Waals surface area contributed by atoms with Gasteiger partial charge >= 0.3 is 0 Å². The molecular weight excluding hydrogens is 286 g/mol. The number of hydrogen-bond donors (Lipinski definition) is 0. The number of aromatic nitrogens is 1. The van der Waals surface area contributed by atoms with E-state index in [1.807, 2.05) is 48.6 Å². The second-order valence-electron chi connectivity index (χ2n) is 3.24. The van der Waals surface area contributed by atoms with Crippen molar-refractivity contribution in [3.8, 4) is 0 Å². The van der Waals surface area contributed by atoms with Crippen LogP contribution in [0.1, 0.15) is 11.1 Å². The van der Waals surface area contributed by atoms with Gasteiger partial charge in [0.25, 0.3) is 0 Å². The Morgan fingerprint density at radius 3 is 2.50 bits per heavy atom. The van der Waals surface area contributed by atoms with Gasteiger partial charge in [-0.25, -0.2) is 4.98 Å². The molecule has 0 N–H and O–H groups in total. The Kier molecular flexibility index (Phi) is 3.75. The van der Waals surface area contributed by atoms with Crippen LogP contribution in [0.5, 0.6) is 0 Å². The Morgan fingerprint density at radius 2 is 1.81 bits per heavy atom. The smallest absolute Gasteiger partial charge is 0.137 e. The topological polar surface area (TPSA) is 12.9 Å². The number of hydrogen-bond acceptors (Lipinski definition) is 1. The zero-order valence-corrected chi connectivity index (χ0v) is 10.7. The molecule has 1 aromatic carbocycles. The van der Waals surface area contributed by atoms with E-state index < -0.39 is 0 Å². The lowest BCUT2D eigenvalue weighted by Gasteiger charge is -2.00. The first-order chi connectivity index (χ1) is 7.77. The molecule has 0 radical (unpaired) electrons. The van der Waals surface area contributed by atoms with Crippen molar-refractivity contribution in [2.45, 2.75) is 0 Å². The summed E-state index contributed by atoms with van der Waals surface area (Å²) in [6.07, 6.45) is 5.63. The second-order valence-corrected chi connectivity index (χ2v) is 4.45. The van der Waals surface area contributed by atoms with Gasteiger partial charge in [-0.3, -0.25) is 0 Å². The molecule has 0 saturated heterocycles. The third-order valence-corrected chi connectivity index (χ3v) is 3.12. The number of pyridine rings is 1. The maximum absolute atomic E-state index is 6.00. The van der Waals surface area contributed by atoms with Crippen LogP contribution in [0.4, 0.5) is 0 Å². The van der Waals surface area contributed by atoms with Gasteiger partial charge in [-0.1, -0.05) is 70.0 Å². The minimum atomic E-state index is 0.501. The van der Waals surface area contributed by atoms with Crippen LogP contribution in [0.2, 0.25) is 5.15 Å². The average molecular weight is 295 g/mol. The van der Waals surface area contributed by atoms with E-state index in [2.05, 4.69) is 20.9 Å². The minimum Gasteiger partial charge on any atom is -0.244 e. The lowest BCUT2D eigenvalue weighted by molar-refractivity contribution is 1.30. The summed E-state index contributed by atoms with van der Waals surface area (Å²) < 4.78 is 0.944. The van der Waals surface area contributed by atoms with Gasteiger partial charge in [-0.15, -0.1) is 0 Å². The summed E-state index contributed by atoms with van der Waals surface area (Å²) in [4.78, 5) is 4.04. The average Bonchev–Trinajstić information content (AvgIpc) is 2.30. The Balaban J connectivity index is 2.31. The van der Waals surface area contributed by atoms with E-state index in [4.69, 9.17) is 11.6 Å². The van der Waals surface area contributed by atoms with Crippen LogP contribution in [0.3, 0.4) is 0 Å². The van der Waals surface area contributed by atoms with Crippen LogP contribution in [0.25, 0.3) is 12.2 Å². The van der Waals surface area contributed by atoms with Gasteiger partial charge in [0.05, 0.1) is 0 Å². The summed E-state index contributed by atoms with van der Waals surface area (Å²) in [5, 5.41) is 0.501. The molecule has 0 fully saturated rings. The molecule has 16 heavy (non-hydrogen) atoms. The second kappa shape index (κ2) is 5.28. The Hall–Kier alpha value is -1.12. The first kappa shape index (κ1) is 11.4. The molecule has 0 atom stereocenters. The van der Waals surface area contributed by atoms with Gasteiger partial charge in [0, 0.05) is 16.2 Å². The molecule has 1 nitrogen and oxygen atoms in total. The molecule has 0 saturated carbocycles. The summed E-state index contributed by atoms with van der Waals surface area (Å²) >= 11 is 9.45. The van der Waals surface area contributed by atoms with E-state index in [0.29, 0.717) is 5.15 Å². The highest BCUT2D eigenvalue weighted by molar-refractivity contribution is 9.10. The molecule has 0 aliphatic heterocycles. The van der Waals surface area contributed by atoms with Gasteiger partial charge in [-0.2, -0.15) is 0 Å². The summed E-state index contributed by atoms with van der Waals surface area (Å²) in [5.74, 6) is 0. The molecule has 2 rings (SSSR count). The van der Waals surface area contributed by atoms with Crippen molar-refractivity contribution in [2.75, 3.05) is 0 Å². The van der Waals surface area contributed by atoms with Crippen LogP contribution in [0, 0.1) is 0 Å². The van der Waals surface area contributed by atoms with Gasteiger partial charge in [0.15, 0.2) is 0 Å². The normalized spacial score (nSPS) is 10.9. The molecule has 0 aliphatic carbocycles. The molecule has 1 aromatic heterocycles. The fourth-order valence-corrected chi connectivity index (χ4v) is 2.09. The van der Waals surface area contributed by atoms with E-state index in [-0.39, 0.29) is 0 Å². The van der Waals surface area contributed by atoms with Crippen molar-refractivity contribution in [2.24, 2.45) is 0 Å². The van der Waals surface area contributed by atoms with Crippen LogP contribution in [-0.2, 0) is 0 Å². The predicted octanol–water partition coefficient (Wildman–Crippen LogP) is 4.67. The van der Waals surface area contributed by atoms with E-state index in [9.17, 15) is 0 Å². The molecule has 0 unspecified atom stereocenters. The first-order valence-electron chi connectivity index (χ1n) is 4.80. The van der Waals surface area contributed by atoms with Gasteiger partial charge in [0.1, 0.15) is 5.15 Å². The summed E-state index contributed by atoms with van der Waals surface area (Å²) in [5.41, 5.74) is 2.03. The number of benzene rings is 1. The summed E-state index contributed by atoms with van der Waals surface area (Å²) in [6, 6.07) is 11.9. The van der Waals surface area contributed by atoms with E-state index in [1.54, 1.807) is 6.20 Å². The van der Waals surface area contributed by atoms with Crippen molar-refractivity contribution in [3.05, 3.63) is 63.3 Å². The SMILES string of the molecule is Clc1nccc(Br)c1/C=C/c1ccccc1. The van der Waals surface area contributed by atoms with Crippen LogP contribution < -0.4 is 0 Å². The summed E-state index contributed by atoms with van der Waals surface area (Å²) in [6.45, 7) is 0. The lowest BCUT2D eigenvalue weighted by Crippen LogP contribution is -1.82. The Labute approximate surface area is 108 Å². The van der Waals surface area contributed by atoms with Crippen molar-refractivity contribution in [1.29, 1.82) is 0 Å². The van der Waals surface area contributed by atoms with E-state index >= 15 is 0 Å². The van der Waals surface area contributed by atoms with Crippen molar-refractivity contribution >= 4 is 39.7 Å². The molecule has 0 aliphatic rings. The van der Waals surface area contributed by atoms with Gasteiger partial charge in [0.2, 0.25) is 0 Å². The van der Waals surface area contributed by atoms with E-state index in [1.165, 1.54) is 0 Å². The molecule has 80 valence electrons. The number of halogens is 2. The Morgan fingerprint density at radius 1 is 1.06 bits per heavy atom. The Bertz CT molecular complexity index is 488.